The van der Waals surface area contributed by atoms with Crippen LogP contribution in [-0.4, -0.2) is 34.3 Å². The molecule has 0 aliphatic carbocycles. The van der Waals surface area contributed by atoms with Crippen molar-refractivity contribution in [2.75, 3.05) is 4.72 Å². The second kappa shape index (κ2) is 7.67. The number of benzene rings is 2. The molecule has 4 rings (SSSR count). The average molecular weight is 412 g/mol. The van der Waals surface area contributed by atoms with E-state index in [4.69, 9.17) is 5.11 Å². The molecule has 1 aromatic heterocycles. The zero-order chi connectivity index (χ0) is 20.4. The molecule has 0 atom stereocenters. The van der Waals surface area contributed by atoms with Gasteiger partial charge in [0.1, 0.15) is 5.82 Å². The fourth-order valence-corrected chi connectivity index (χ4v) is 4.53. The molecule has 9 heteroatoms. The highest BCUT2D eigenvalue weighted by molar-refractivity contribution is 7.92. The second-order valence-corrected chi connectivity index (χ2v) is 8.60. The van der Waals surface area contributed by atoms with Crippen LogP contribution >= 0.6 is 0 Å². The number of carboxylic acids is 1. The van der Waals surface area contributed by atoms with E-state index >= 15 is 0 Å². The third-order valence-electron chi connectivity index (χ3n) is 4.87. The van der Waals surface area contributed by atoms with Gasteiger partial charge in [-0.15, -0.1) is 10.2 Å². The summed E-state index contributed by atoms with van der Waals surface area (Å²) >= 11 is 0. The first-order chi connectivity index (χ1) is 13.9. The minimum atomic E-state index is -3.93. The van der Waals surface area contributed by atoms with Gasteiger partial charge in [0, 0.05) is 24.2 Å². The maximum atomic E-state index is 12.7. The molecular weight excluding hydrogens is 392 g/mol. The molecule has 0 spiro atoms. The number of aromatic nitrogens is 3. The topological polar surface area (TPSA) is 114 Å². The lowest BCUT2D eigenvalue weighted by atomic mass is 10.2. The van der Waals surface area contributed by atoms with Gasteiger partial charge < -0.3 is 9.67 Å². The van der Waals surface area contributed by atoms with Gasteiger partial charge in [0.05, 0.1) is 10.5 Å². The van der Waals surface area contributed by atoms with Crippen molar-refractivity contribution in [1.29, 1.82) is 0 Å². The molecule has 2 heterocycles. The number of aryl methyl sites for hydroxylation is 1. The average Bonchev–Trinajstić information content (AvgIpc) is 2.96. The lowest BCUT2D eigenvalue weighted by Crippen LogP contribution is -2.14. The molecule has 0 amide bonds. The maximum absolute atomic E-state index is 12.7. The first-order valence-corrected chi connectivity index (χ1v) is 10.8. The summed E-state index contributed by atoms with van der Waals surface area (Å²) in [4.78, 5) is 11.0. The smallest absolute Gasteiger partial charge is 0.335 e. The number of sulfonamides is 1. The highest BCUT2D eigenvalue weighted by atomic mass is 32.2. The van der Waals surface area contributed by atoms with Crippen LogP contribution < -0.4 is 4.72 Å². The van der Waals surface area contributed by atoms with Crippen molar-refractivity contribution in [2.24, 2.45) is 0 Å². The largest absolute Gasteiger partial charge is 0.478 e. The predicted octanol–water partition coefficient (Wildman–Crippen LogP) is 3.17. The third kappa shape index (κ3) is 4.00. The summed E-state index contributed by atoms with van der Waals surface area (Å²) in [5.41, 5.74) is 1.05. The number of carbonyl (C=O) groups is 1. The van der Waals surface area contributed by atoms with Crippen LogP contribution in [0.3, 0.4) is 0 Å². The van der Waals surface area contributed by atoms with Gasteiger partial charge in [0.25, 0.3) is 10.0 Å². The van der Waals surface area contributed by atoms with Gasteiger partial charge in [-0.25, -0.2) is 13.2 Å². The Morgan fingerprint density at radius 2 is 1.86 bits per heavy atom. The highest BCUT2D eigenvalue weighted by Crippen LogP contribution is 2.26. The van der Waals surface area contributed by atoms with Gasteiger partial charge in [0.15, 0.2) is 5.82 Å². The van der Waals surface area contributed by atoms with E-state index in [0.29, 0.717) is 5.69 Å². The van der Waals surface area contributed by atoms with Crippen LogP contribution in [0.25, 0.3) is 11.4 Å². The van der Waals surface area contributed by atoms with Crippen LogP contribution in [0, 0.1) is 0 Å². The number of aromatic carboxylic acids is 1. The Kier molecular flexibility index (Phi) is 5.06. The Morgan fingerprint density at radius 1 is 1.03 bits per heavy atom. The molecule has 0 radical (unpaired) electrons. The molecule has 0 saturated heterocycles. The summed E-state index contributed by atoms with van der Waals surface area (Å²) in [6, 6.07) is 12.2. The van der Waals surface area contributed by atoms with Crippen molar-refractivity contribution in [3.8, 4) is 11.4 Å². The standard InChI is InChI=1S/C20H20N4O4S/c25-20(26)15-7-5-9-17(13-15)29(27,28)23-16-8-4-6-14(12-16)19-22-21-18-10-2-1-3-11-24(18)19/h4-9,12-13,23H,1-3,10-11H2,(H,25,26). The van der Waals surface area contributed by atoms with E-state index in [0.717, 1.165) is 55.5 Å². The molecule has 3 aromatic rings. The molecule has 150 valence electrons. The Morgan fingerprint density at radius 3 is 2.69 bits per heavy atom. The predicted molar refractivity (Wildman–Crippen MR) is 107 cm³/mol. The molecule has 0 fully saturated rings. The van der Waals surface area contributed by atoms with Crippen molar-refractivity contribution < 1.29 is 18.3 Å². The van der Waals surface area contributed by atoms with Crippen molar-refractivity contribution in [3.05, 3.63) is 59.9 Å². The van der Waals surface area contributed by atoms with Crippen LogP contribution in [-0.2, 0) is 23.0 Å². The molecule has 0 bridgehead atoms. The Bertz CT molecular complexity index is 1170. The zero-order valence-corrected chi connectivity index (χ0v) is 16.4. The van der Waals surface area contributed by atoms with Crippen LogP contribution in [0.5, 0.6) is 0 Å². The molecule has 0 saturated carbocycles. The van der Waals surface area contributed by atoms with Gasteiger partial charge in [-0.2, -0.15) is 0 Å². The summed E-state index contributed by atoms with van der Waals surface area (Å²) in [6.45, 7) is 0.843. The first kappa shape index (κ1) is 19.1. The summed E-state index contributed by atoms with van der Waals surface area (Å²) in [6.07, 6.45) is 4.19. The Hall–Kier alpha value is -3.20. The Balaban J connectivity index is 1.64. The van der Waals surface area contributed by atoms with Gasteiger partial charge in [-0.1, -0.05) is 24.6 Å². The quantitative estimate of drug-likeness (QED) is 0.665. The second-order valence-electron chi connectivity index (χ2n) is 6.92. The molecule has 1 aliphatic heterocycles. The minimum absolute atomic E-state index is 0.0900. The molecule has 8 nitrogen and oxygen atoms in total. The van der Waals surface area contributed by atoms with Crippen LogP contribution in [0.1, 0.15) is 35.4 Å². The number of hydrogen-bond donors (Lipinski definition) is 2. The SMILES string of the molecule is O=C(O)c1cccc(S(=O)(=O)Nc2cccc(-c3nnc4n3CCCCC4)c2)c1. The van der Waals surface area contributed by atoms with Crippen molar-refractivity contribution in [1.82, 2.24) is 14.8 Å². The molecular formula is C20H20N4O4S. The number of rotatable bonds is 5. The fraction of sp³-hybridized carbons (Fsp3) is 0.250. The fourth-order valence-electron chi connectivity index (χ4n) is 3.43. The van der Waals surface area contributed by atoms with E-state index in [-0.39, 0.29) is 10.5 Å². The lowest BCUT2D eigenvalue weighted by Gasteiger charge is -2.11. The van der Waals surface area contributed by atoms with E-state index in [1.54, 1.807) is 18.2 Å². The van der Waals surface area contributed by atoms with E-state index in [1.165, 1.54) is 18.2 Å². The highest BCUT2D eigenvalue weighted by Gasteiger charge is 2.19. The van der Waals surface area contributed by atoms with Crippen molar-refractivity contribution in [3.63, 3.8) is 0 Å². The molecule has 2 N–H and O–H groups in total. The molecule has 29 heavy (non-hydrogen) atoms. The van der Waals surface area contributed by atoms with E-state index in [2.05, 4.69) is 19.5 Å². The summed E-state index contributed by atoms with van der Waals surface area (Å²) in [5, 5.41) is 17.7. The van der Waals surface area contributed by atoms with Gasteiger partial charge >= 0.3 is 5.97 Å². The normalized spacial score (nSPS) is 14.1. The van der Waals surface area contributed by atoms with E-state index in [1.807, 2.05) is 6.07 Å². The number of nitrogens with one attached hydrogen (secondary N) is 1. The van der Waals surface area contributed by atoms with Crippen molar-refractivity contribution in [2.45, 2.75) is 37.1 Å². The van der Waals surface area contributed by atoms with Crippen LogP contribution in [0.2, 0.25) is 0 Å². The van der Waals surface area contributed by atoms with Gasteiger partial charge in [0.2, 0.25) is 0 Å². The number of fused-ring (bicyclic) bond motifs is 1. The Labute approximate surface area is 168 Å². The minimum Gasteiger partial charge on any atom is -0.478 e. The maximum Gasteiger partial charge on any atom is 0.335 e. The van der Waals surface area contributed by atoms with E-state index < -0.39 is 16.0 Å². The third-order valence-corrected chi connectivity index (χ3v) is 6.25. The van der Waals surface area contributed by atoms with Gasteiger partial charge in [-0.05, 0) is 43.2 Å². The first-order valence-electron chi connectivity index (χ1n) is 9.33. The summed E-state index contributed by atoms with van der Waals surface area (Å²) in [7, 11) is -3.93. The number of anilines is 1. The number of hydrogen-bond acceptors (Lipinski definition) is 5. The van der Waals surface area contributed by atoms with Crippen molar-refractivity contribution >= 4 is 21.7 Å². The number of carboxylic acid groups (broad SMARTS) is 1. The monoisotopic (exact) mass is 412 g/mol. The van der Waals surface area contributed by atoms with Crippen LogP contribution in [0.15, 0.2) is 53.4 Å². The summed E-state index contributed by atoms with van der Waals surface area (Å²) in [5.74, 6) is 0.487. The van der Waals surface area contributed by atoms with Gasteiger partial charge in [-0.3, -0.25) is 4.72 Å². The molecule has 1 aliphatic rings. The molecule has 0 unspecified atom stereocenters. The van der Waals surface area contributed by atoms with Crippen LogP contribution in [0.4, 0.5) is 5.69 Å². The summed E-state index contributed by atoms with van der Waals surface area (Å²) < 4.78 is 30.0. The van der Waals surface area contributed by atoms with E-state index in [9.17, 15) is 13.2 Å². The zero-order valence-electron chi connectivity index (χ0n) is 15.6. The lowest BCUT2D eigenvalue weighted by molar-refractivity contribution is 0.0696. The molecule has 2 aromatic carbocycles. The number of nitrogens with zero attached hydrogens (tertiary/aromatic N) is 3.